The molecular weight excluding hydrogens is 204 g/mol. The van der Waals surface area contributed by atoms with Gasteiger partial charge in [0.25, 0.3) is 0 Å². The van der Waals surface area contributed by atoms with Gasteiger partial charge >= 0.3 is 0 Å². The van der Waals surface area contributed by atoms with Gasteiger partial charge in [-0.2, -0.15) is 4.98 Å². The van der Waals surface area contributed by atoms with Gasteiger partial charge in [0.2, 0.25) is 5.88 Å². The minimum absolute atomic E-state index is 0.733. The van der Waals surface area contributed by atoms with Crippen molar-refractivity contribution in [3.63, 3.8) is 0 Å². The summed E-state index contributed by atoms with van der Waals surface area (Å²) in [6, 6.07) is 0. The third kappa shape index (κ3) is 1.82. The van der Waals surface area contributed by atoms with E-state index in [9.17, 15) is 0 Å². The number of hydrogen-bond acceptors (Lipinski definition) is 5. The predicted octanol–water partition coefficient (Wildman–Crippen LogP) is 1.22. The van der Waals surface area contributed by atoms with E-state index >= 15 is 0 Å². The fourth-order valence-electron chi connectivity index (χ4n) is 2.24. The van der Waals surface area contributed by atoms with Crippen LogP contribution in [0, 0.1) is 0 Å². The average Bonchev–Trinajstić information content (AvgIpc) is 2.80. The molecule has 2 aliphatic rings. The van der Waals surface area contributed by atoms with Gasteiger partial charge in [0.1, 0.15) is 12.1 Å². The first kappa shape index (κ1) is 9.84. The lowest BCUT2D eigenvalue weighted by Gasteiger charge is -2.25. The summed E-state index contributed by atoms with van der Waals surface area (Å²) in [4.78, 5) is 14.3. The topological polar surface area (TPSA) is 50.3 Å². The smallest absolute Gasteiger partial charge is 0.246 e. The number of nitrogens with one attached hydrogen (secondary N) is 1. The number of nitrogens with zero attached hydrogens (tertiary/aromatic N) is 3. The molecule has 1 saturated heterocycles. The molecule has 1 fully saturated rings. The van der Waals surface area contributed by atoms with E-state index in [0.717, 1.165) is 43.3 Å². The molecule has 0 spiro atoms. The van der Waals surface area contributed by atoms with Gasteiger partial charge in [-0.3, -0.25) is 0 Å². The van der Waals surface area contributed by atoms with Gasteiger partial charge in [-0.05, 0) is 19.3 Å². The van der Waals surface area contributed by atoms with Gasteiger partial charge in [-0.1, -0.05) is 6.42 Å². The summed E-state index contributed by atoms with van der Waals surface area (Å²) in [5.74, 6) is 1.67. The van der Waals surface area contributed by atoms with Crippen LogP contribution in [0.1, 0.15) is 24.8 Å². The van der Waals surface area contributed by atoms with Crippen LogP contribution in [0.3, 0.4) is 0 Å². The summed E-state index contributed by atoms with van der Waals surface area (Å²) in [7, 11) is 0. The minimum Gasteiger partial charge on any atom is -0.385 e. The lowest BCUT2D eigenvalue weighted by molar-refractivity contribution is -0.0765. The second-order valence-corrected chi connectivity index (χ2v) is 4.26. The van der Waals surface area contributed by atoms with Gasteiger partial charge in [0.05, 0.1) is 5.56 Å². The average molecular weight is 220 g/mol. The molecule has 1 aromatic rings. The molecule has 0 amide bonds. The van der Waals surface area contributed by atoms with Gasteiger partial charge in [-0.15, -0.1) is 5.06 Å². The molecule has 0 aromatic carbocycles. The van der Waals surface area contributed by atoms with Gasteiger partial charge in [0, 0.05) is 19.6 Å². The van der Waals surface area contributed by atoms with Crippen molar-refractivity contribution >= 4 is 5.82 Å². The predicted molar refractivity (Wildman–Crippen MR) is 60.3 cm³/mol. The molecule has 0 atom stereocenters. The second kappa shape index (κ2) is 4.25. The maximum absolute atomic E-state index is 5.84. The Kier molecular flexibility index (Phi) is 2.61. The van der Waals surface area contributed by atoms with Crippen molar-refractivity contribution in [1.82, 2.24) is 15.0 Å². The van der Waals surface area contributed by atoms with Crippen LogP contribution in [-0.4, -0.2) is 34.7 Å². The molecule has 0 saturated carbocycles. The van der Waals surface area contributed by atoms with Crippen molar-refractivity contribution in [3.05, 3.63) is 11.9 Å². The molecule has 0 aliphatic carbocycles. The molecule has 86 valence electrons. The molecule has 0 unspecified atom stereocenters. The molecule has 1 N–H and O–H groups in total. The quantitative estimate of drug-likeness (QED) is 0.812. The normalized spacial score (nSPS) is 20.2. The third-order valence-corrected chi connectivity index (χ3v) is 3.10. The summed E-state index contributed by atoms with van der Waals surface area (Å²) in [6.45, 7) is 2.95. The van der Waals surface area contributed by atoms with Crippen LogP contribution in [0.5, 0.6) is 5.88 Å². The summed E-state index contributed by atoms with van der Waals surface area (Å²) in [5, 5.41) is 5.25. The Morgan fingerprint density at radius 3 is 2.94 bits per heavy atom. The van der Waals surface area contributed by atoms with Crippen LogP contribution in [-0.2, 0) is 6.42 Å². The molecule has 2 aliphatic heterocycles. The highest BCUT2D eigenvalue weighted by atomic mass is 16.7. The van der Waals surface area contributed by atoms with E-state index in [-0.39, 0.29) is 0 Å². The Morgan fingerprint density at radius 2 is 2.06 bits per heavy atom. The molecule has 3 rings (SSSR count). The highest BCUT2D eigenvalue weighted by Crippen LogP contribution is 2.27. The number of rotatable bonds is 2. The van der Waals surface area contributed by atoms with Crippen LogP contribution in [0.15, 0.2) is 6.33 Å². The monoisotopic (exact) mass is 220 g/mol. The minimum atomic E-state index is 0.733. The van der Waals surface area contributed by atoms with E-state index in [1.54, 1.807) is 6.33 Å². The van der Waals surface area contributed by atoms with E-state index in [4.69, 9.17) is 4.84 Å². The lowest BCUT2D eigenvalue weighted by atomic mass is 10.2. The molecule has 16 heavy (non-hydrogen) atoms. The van der Waals surface area contributed by atoms with Crippen molar-refractivity contribution in [2.75, 3.05) is 25.0 Å². The highest BCUT2D eigenvalue weighted by Gasteiger charge is 2.20. The molecule has 5 nitrogen and oxygen atoms in total. The van der Waals surface area contributed by atoms with E-state index in [1.165, 1.54) is 19.3 Å². The van der Waals surface area contributed by atoms with Crippen LogP contribution in [0.2, 0.25) is 0 Å². The summed E-state index contributed by atoms with van der Waals surface area (Å²) < 4.78 is 0. The third-order valence-electron chi connectivity index (χ3n) is 3.10. The maximum atomic E-state index is 5.84. The molecule has 0 radical (unpaired) electrons. The molecule has 0 bridgehead atoms. The van der Waals surface area contributed by atoms with E-state index in [2.05, 4.69) is 15.3 Å². The van der Waals surface area contributed by atoms with Crippen LogP contribution < -0.4 is 10.2 Å². The van der Waals surface area contributed by atoms with Crippen molar-refractivity contribution < 1.29 is 4.84 Å². The fourth-order valence-corrected chi connectivity index (χ4v) is 2.24. The van der Waals surface area contributed by atoms with Crippen molar-refractivity contribution in [2.45, 2.75) is 25.7 Å². The largest absolute Gasteiger partial charge is 0.385 e. The SMILES string of the molecule is c1nc2c(c(ON3CCCCC3)n1)CCN2. The van der Waals surface area contributed by atoms with Gasteiger partial charge < -0.3 is 10.2 Å². The number of anilines is 1. The Bertz CT molecular complexity index is 376. The lowest BCUT2D eigenvalue weighted by Crippen LogP contribution is -2.33. The van der Waals surface area contributed by atoms with E-state index < -0.39 is 0 Å². The number of piperidine rings is 1. The summed E-state index contributed by atoms with van der Waals surface area (Å²) in [5.41, 5.74) is 1.12. The van der Waals surface area contributed by atoms with Crippen LogP contribution >= 0.6 is 0 Å². The number of fused-ring (bicyclic) bond motifs is 1. The zero-order valence-electron chi connectivity index (χ0n) is 9.28. The maximum Gasteiger partial charge on any atom is 0.246 e. The zero-order chi connectivity index (χ0) is 10.8. The first-order valence-corrected chi connectivity index (χ1v) is 5.94. The standard InChI is InChI=1S/C11H16N4O/c1-2-6-15(7-3-1)16-11-9-4-5-12-10(9)13-8-14-11/h8H,1-7H2,(H,12,13,14). The van der Waals surface area contributed by atoms with Crippen molar-refractivity contribution in [1.29, 1.82) is 0 Å². The van der Waals surface area contributed by atoms with Crippen LogP contribution in [0.25, 0.3) is 0 Å². The second-order valence-electron chi connectivity index (χ2n) is 4.26. The Morgan fingerprint density at radius 1 is 1.19 bits per heavy atom. The summed E-state index contributed by atoms with van der Waals surface area (Å²) >= 11 is 0. The fraction of sp³-hybridized carbons (Fsp3) is 0.636. The molecule has 3 heterocycles. The van der Waals surface area contributed by atoms with Crippen LogP contribution in [0.4, 0.5) is 5.82 Å². The number of aromatic nitrogens is 2. The molecular formula is C11H16N4O. The summed E-state index contributed by atoms with van der Waals surface area (Å²) in [6.07, 6.45) is 6.26. The first-order chi connectivity index (χ1) is 7.93. The van der Waals surface area contributed by atoms with E-state index in [1.807, 2.05) is 5.06 Å². The van der Waals surface area contributed by atoms with Gasteiger partial charge in [0.15, 0.2) is 0 Å². The highest BCUT2D eigenvalue weighted by molar-refractivity contribution is 5.52. The van der Waals surface area contributed by atoms with Crippen molar-refractivity contribution in [2.24, 2.45) is 0 Å². The Balaban J connectivity index is 1.76. The molecule has 1 aromatic heterocycles. The number of hydrogen-bond donors (Lipinski definition) is 1. The first-order valence-electron chi connectivity index (χ1n) is 5.94. The Hall–Kier alpha value is -1.36. The van der Waals surface area contributed by atoms with Crippen molar-refractivity contribution in [3.8, 4) is 5.88 Å². The van der Waals surface area contributed by atoms with E-state index in [0.29, 0.717) is 0 Å². The van der Waals surface area contributed by atoms with Gasteiger partial charge in [-0.25, -0.2) is 4.98 Å². The zero-order valence-corrected chi connectivity index (χ0v) is 9.28. The number of hydroxylamine groups is 2. The Labute approximate surface area is 94.8 Å². The molecule has 5 heteroatoms.